The van der Waals surface area contributed by atoms with Crippen LogP contribution in [-0.4, -0.2) is 36.9 Å². The van der Waals surface area contributed by atoms with Gasteiger partial charge in [-0.05, 0) is 25.7 Å². The first kappa shape index (κ1) is 15.7. The average molecular weight is 269 g/mol. The molecule has 1 fully saturated rings. The molecule has 0 aromatic heterocycles. The maximum atomic E-state index is 11.8. The van der Waals surface area contributed by atoms with E-state index in [9.17, 15) is 9.59 Å². The second-order valence-electron chi connectivity index (χ2n) is 4.69. The molecule has 0 saturated heterocycles. The van der Waals surface area contributed by atoms with Crippen LogP contribution in [0, 0.1) is 0 Å². The highest BCUT2D eigenvalue weighted by Gasteiger charge is 2.26. The molecule has 5 heteroatoms. The molecule has 0 bridgehead atoms. The third kappa shape index (κ3) is 5.41. The molecule has 0 unspecified atom stereocenters. The summed E-state index contributed by atoms with van der Waals surface area (Å²) in [5.74, 6) is -1.32. The van der Waals surface area contributed by atoms with Crippen LogP contribution in [0.15, 0.2) is 4.99 Å². The van der Waals surface area contributed by atoms with Gasteiger partial charge in [-0.2, -0.15) is 0 Å². The highest BCUT2D eigenvalue weighted by molar-refractivity contribution is 6.62. The summed E-state index contributed by atoms with van der Waals surface area (Å²) >= 11 is 0. The third-order valence-electron chi connectivity index (χ3n) is 2.90. The summed E-state index contributed by atoms with van der Waals surface area (Å²) in [6, 6.07) is 0.0540. The maximum absolute atomic E-state index is 11.8. The minimum Gasteiger partial charge on any atom is -0.461 e. The number of nitrogens with zero attached hydrogens (tertiary/aromatic N) is 1. The van der Waals surface area contributed by atoms with Gasteiger partial charge in [0.1, 0.15) is 0 Å². The molecule has 0 amide bonds. The van der Waals surface area contributed by atoms with E-state index in [4.69, 9.17) is 9.47 Å². The molecule has 0 spiro atoms. The molecule has 0 heterocycles. The lowest BCUT2D eigenvalue weighted by Crippen LogP contribution is -2.30. The van der Waals surface area contributed by atoms with Gasteiger partial charge in [0.25, 0.3) is 0 Å². The Balaban J connectivity index is 2.70. The zero-order valence-electron chi connectivity index (χ0n) is 11.8. The van der Waals surface area contributed by atoms with Crippen LogP contribution >= 0.6 is 0 Å². The summed E-state index contributed by atoms with van der Waals surface area (Å²) in [7, 11) is 0. The maximum Gasteiger partial charge on any atom is 0.364 e. The quantitative estimate of drug-likeness (QED) is 0.404. The van der Waals surface area contributed by atoms with Gasteiger partial charge in [0.2, 0.25) is 5.71 Å². The van der Waals surface area contributed by atoms with Crippen molar-refractivity contribution in [3.8, 4) is 0 Å². The summed E-state index contributed by atoms with van der Waals surface area (Å²) in [5.41, 5.74) is -0.172. The average Bonchev–Trinajstić information content (AvgIpc) is 2.92. The molecule has 0 aromatic carbocycles. The van der Waals surface area contributed by atoms with Crippen LogP contribution in [0.5, 0.6) is 0 Å². The van der Waals surface area contributed by atoms with Crippen molar-refractivity contribution in [2.75, 3.05) is 13.2 Å². The molecule has 1 saturated carbocycles. The molecule has 5 nitrogen and oxygen atoms in total. The Hall–Kier alpha value is -1.39. The van der Waals surface area contributed by atoms with Crippen LogP contribution in [-0.2, 0) is 19.1 Å². The van der Waals surface area contributed by atoms with Gasteiger partial charge < -0.3 is 9.47 Å². The SMILES string of the molecule is CCCOC(=O)C(=NC1CCCC1)C(=O)OCCC. The standard InChI is InChI=1S/C14H23NO4/c1-3-9-18-13(16)12(14(17)19-10-4-2)15-11-7-5-6-8-11/h11H,3-10H2,1-2H3. The molecule has 0 aliphatic heterocycles. The Morgan fingerprint density at radius 3 is 1.89 bits per heavy atom. The molecule has 0 aromatic rings. The van der Waals surface area contributed by atoms with Crippen molar-refractivity contribution in [3.63, 3.8) is 0 Å². The van der Waals surface area contributed by atoms with Crippen molar-refractivity contribution in [3.05, 3.63) is 0 Å². The first-order valence-electron chi connectivity index (χ1n) is 7.11. The highest BCUT2D eigenvalue weighted by atomic mass is 16.6. The number of carbonyl (C=O) groups excluding carboxylic acids is 2. The zero-order valence-corrected chi connectivity index (χ0v) is 11.8. The van der Waals surface area contributed by atoms with E-state index in [1.165, 1.54) is 0 Å². The van der Waals surface area contributed by atoms with Crippen LogP contribution in [0.4, 0.5) is 0 Å². The zero-order chi connectivity index (χ0) is 14.1. The van der Waals surface area contributed by atoms with Crippen molar-refractivity contribution in [2.45, 2.75) is 58.4 Å². The molecule has 0 radical (unpaired) electrons. The van der Waals surface area contributed by atoms with E-state index >= 15 is 0 Å². The van der Waals surface area contributed by atoms with Crippen molar-refractivity contribution < 1.29 is 19.1 Å². The van der Waals surface area contributed by atoms with E-state index in [1.807, 2.05) is 13.8 Å². The molecular weight excluding hydrogens is 246 g/mol. The predicted molar refractivity (Wildman–Crippen MR) is 72.2 cm³/mol. The van der Waals surface area contributed by atoms with Gasteiger partial charge in [-0.25, -0.2) is 9.59 Å². The fraction of sp³-hybridized carbons (Fsp3) is 0.786. The van der Waals surface area contributed by atoms with Gasteiger partial charge in [-0.3, -0.25) is 4.99 Å². The smallest absolute Gasteiger partial charge is 0.364 e. The number of esters is 2. The summed E-state index contributed by atoms with van der Waals surface area (Å²) in [5, 5.41) is 0. The fourth-order valence-electron chi connectivity index (χ4n) is 1.93. The van der Waals surface area contributed by atoms with Crippen LogP contribution in [0.1, 0.15) is 52.4 Å². The highest BCUT2D eigenvalue weighted by Crippen LogP contribution is 2.21. The Morgan fingerprint density at radius 2 is 1.47 bits per heavy atom. The third-order valence-corrected chi connectivity index (χ3v) is 2.90. The van der Waals surface area contributed by atoms with Gasteiger partial charge in [-0.15, -0.1) is 0 Å². The lowest BCUT2D eigenvalue weighted by atomic mass is 10.2. The van der Waals surface area contributed by atoms with E-state index in [-0.39, 0.29) is 11.8 Å². The Kier molecular flexibility index (Phi) is 7.15. The normalized spacial score (nSPS) is 15.1. The summed E-state index contributed by atoms with van der Waals surface area (Å²) in [6.45, 7) is 4.39. The monoisotopic (exact) mass is 269 g/mol. The largest absolute Gasteiger partial charge is 0.461 e. The van der Waals surface area contributed by atoms with Gasteiger partial charge in [0.15, 0.2) is 0 Å². The number of rotatable bonds is 7. The van der Waals surface area contributed by atoms with Gasteiger partial charge in [0.05, 0.1) is 19.3 Å². The Morgan fingerprint density at radius 1 is 1.00 bits per heavy atom. The predicted octanol–water partition coefficient (Wildman–Crippen LogP) is 2.28. The van der Waals surface area contributed by atoms with Crippen LogP contribution in [0.3, 0.4) is 0 Å². The van der Waals surface area contributed by atoms with Crippen LogP contribution in [0.2, 0.25) is 0 Å². The molecular formula is C14H23NO4. The molecule has 1 rings (SSSR count). The number of hydrogen-bond donors (Lipinski definition) is 0. The summed E-state index contributed by atoms with van der Waals surface area (Å²) in [4.78, 5) is 27.9. The van der Waals surface area contributed by atoms with Crippen LogP contribution < -0.4 is 0 Å². The lowest BCUT2D eigenvalue weighted by molar-refractivity contribution is -0.141. The van der Waals surface area contributed by atoms with E-state index in [0.29, 0.717) is 26.1 Å². The van der Waals surface area contributed by atoms with Gasteiger partial charge >= 0.3 is 11.9 Å². The second kappa shape index (κ2) is 8.67. The molecule has 108 valence electrons. The number of aliphatic imine (C=N–C) groups is 1. The Labute approximate surface area is 114 Å². The van der Waals surface area contributed by atoms with E-state index < -0.39 is 11.9 Å². The van der Waals surface area contributed by atoms with Crippen molar-refractivity contribution in [1.82, 2.24) is 0 Å². The first-order chi connectivity index (χ1) is 9.19. The number of hydrogen-bond acceptors (Lipinski definition) is 5. The molecule has 0 N–H and O–H groups in total. The molecule has 0 atom stereocenters. The van der Waals surface area contributed by atoms with E-state index in [1.54, 1.807) is 0 Å². The number of ether oxygens (including phenoxy) is 2. The molecule has 19 heavy (non-hydrogen) atoms. The minimum absolute atomic E-state index is 0.0540. The van der Waals surface area contributed by atoms with Crippen molar-refractivity contribution in [1.29, 1.82) is 0 Å². The van der Waals surface area contributed by atoms with E-state index in [0.717, 1.165) is 25.7 Å². The molecule has 1 aliphatic carbocycles. The molecule has 1 aliphatic rings. The lowest BCUT2D eigenvalue weighted by Gasteiger charge is -2.09. The fourth-order valence-corrected chi connectivity index (χ4v) is 1.93. The summed E-state index contributed by atoms with van der Waals surface area (Å²) < 4.78 is 9.99. The minimum atomic E-state index is -0.658. The summed E-state index contributed by atoms with van der Waals surface area (Å²) in [6.07, 6.45) is 5.46. The van der Waals surface area contributed by atoms with Crippen molar-refractivity contribution >= 4 is 17.7 Å². The second-order valence-corrected chi connectivity index (χ2v) is 4.69. The number of carbonyl (C=O) groups is 2. The van der Waals surface area contributed by atoms with Gasteiger partial charge in [-0.1, -0.05) is 26.7 Å². The van der Waals surface area contributed by atoms with Crippen LogP contribution in [0.25, 0.3) is 0 Å². The van der Waals surface area contributed by atoms with Crippen molar-refractivity contribution in [2.24, 2.45) is 4.99 Å². The van der Waals surface area contributed by atoms with E-state index in [2.05, 4.69) is 4.99 Å². The first-order valence-corrected chi connectivity index (χ1v) is 7.11. The Bertz CT molecular complexity index is 310. The van der Waals surface area contributed by atoms with Gasteiger partial charge in [0, 0.05) is 0 Å². The topological polar surface area (TPSA) is 65.0 Å².